The third kappa shape index (κ3) is 2.65. The summed E-state index contributed by atoms with van der Waals surface area (Å²) >= 11 is 1.74. The second-order valence-electron chi connectivity index (χ2n) is 4.85. The summed E-state index contributed by atoms with van der Waals surface area (Å²) in [5.74, 6) is 0.873. The standard InChI is InChI=1S/C15H17NO2S/c1-18-11-7-5-10(6-8-11)9-14-16-15-12(17)3-2-4-13(15)19-14/h5-8,12,17H,2-4,9H2,1H3. The van der Waals surface area contributed by atoms with Crippen LogP contribution in [0.15, 0.2) is 24.3 Å². The first-order valence-electron chi connectivity index (χ1n) is 6.55. The molecule has 0 aliphatic heterocycles. The minimum absolute atomic E-state index is 0.357. The van der Waals surface area contributed by atoms with Crippen molar-refractivity contribution in [1.29, 1.82) is 0 Å². The highest BCUT2D eigenvalue weighted by Crippen LogP contribution is 2.33. The van der Waals surface area contributed by atoms with E-state index in [9.17, 15) is 5.11 Å². The molecule has 0 saturated carbocycles. The molecule has 3 rings (SSSR count). The molecule has 1 aromatic heterocycles. The molecule has 1 aromatic carbocycles. The van der Waals surface area contributed by atoms with Crippen LogP contribution in [-0.4, -0.2) is 17.2 Å². The Bertz CT molecular complexity index is 562. The van der Waals surface area contributed by atoms with Gasteiger partial charge in [-0.15, -0.1) is 11.3 Å². The number of benzene rings is 1. The summed E-state index contributed by atoms with van der Waals surface area (Å²) in [6.07, 6.45) is 3.45. The first-order valence-corrected chi connectivity index (χ1v) is 7.37. The predicted octanol–water partition coefficient (Wildman–Crippen LogP) is 3.11. The van der Waals surface area contributed by atoms with Gasteiger partial charge < -0.3 is 9.84 Å². The zero-order valence-corrected chi connectivity index (χ0v) is 11.7. The molecule has 1 atom stereocenters. The summed E-state index contributed by atoms with van der Waals surface area (Å²) < 4.78 is 5.15. The molecule has 0 saturated heterocycles. The van der Waals surface area contributed by atoms with Crippen LogP contribution < -0.4 is 4.74 Å². The number of thiazole rings is 1. The molecule has 1 unspecified atom stereocenters. The van der Waals surface area contributed by atoms with Crippen LogP contribution in [0.1, 0.15) is 40.1 Å². The highest BCUT2D eigenvalue weighted by atomic mass is 32.1. The van der Waals surface area contributed by atoms with E-state index in [0.29, 0.717) is 0 Å². The molecule has 0 fully saturated rings. The lowest BCUT2D eigenvalue weighted by Crippen LogP contribution is -2.07. The summed E-state index contributed by atoms with van der Waals surface area (Å²) in [4.78, 5) is 5.87. The van der Waals surface area contributed by atoms with Gasteiger partial charge in [0.1, 0.15) is 5.75 Å². The quantitative estimate of drug-likeness (QED) is 0.936. The van der Waals surface area contributed by atoms with E-state index < -0.39 is 0 Å². The Morgan fingerprint density at radius 2 is 2.16 bits per heavy atom. The van der Waals surface area contributed by atoms with Crippen molar-refractivity contribution in [3.8, 4) is 5.75 Å². The number of aliphatic hydroxyl groups excluding tert-OH is 1. The Kier molecular flexibility index (Phi) is 3.53. The van der Waals surface area contributed by atoms with E-state index in [1.54, 1.807) is 18.4 Å². The van der Waals surface area contributed by atoms with Crippen LogP contribution >= 0.6 is 11.3 Å². The summed E-state index contributed by atoms with van der Waals surface area (Å²) in [5.41, 5.74) is 2.14. The van der Waals surface area contributed by atoms with Crippen molar-refractivity contribution in [2.45, 2.75) is 31.8 Å². The number of ether oxygens (including phenoxy) is 1. The van der Waals surface area contributed by atoms with E-state index in [1.165, 1.54) is 10.4 Å². The fourth-order valence-corrected chi connectivity index (χ4v) is 3.64. The monoisotopic (exact) mass is 275 g/mol. The highest BCUT2D eigenvalue weighted by Gasteiger charge is 2.22. The number of aromatic nitrogens is 1. The lowest BCUT2D eigenvalue weighted by Gasteiger charge is -2.14. The molecule has 1 heterocycles. The Balaban J connectivity index is 1.79. The highest BCUT2D eigenvalue weighted by molar-refractivity contribution is 7.11. The minimum atomic E-state index is -0.357. The van der Waals surface area contributed by atoms with Crippen molar-refractivity contribution in [3.05, 3.63) is 45.4 Å². The maximum Gasteiger partial charge on any atom is 0.118 e. The summed E-state index contributed by atoms with van der Waals surface area (Å²) in [7, 11) is 1.67. The average molecular weight is 275 g/mol. The number of aryl methyl sites for hydroxylation is 1. The van der Waals surface area contributed by atoms with Crippen LogP contribution in [0, 0.1) is 0 Å². The van der Waals surface area contributed by atoms with Crippen LogP contribution in [0.5, 0.6) is 5.75 Å². The van der Waals surface area contributed by atoms with E-state index in [2.05, 4.69) is 17.1 Å². The van der Waals surface area contributed by atoms with E-state index in [4.69, 9.17) is 4.74 Å². The van der Waals surface area contributed by atoms with Gasteiger partial charge in [-0.25, -0.2) is 4.98 Å². The van der Waals surface area contributed by atoms with Gasteiger partial charge in [-0.2, -0.15) is 0 Å². The van der Waals surface area contributed by atoms with Gasteiger partial charge >= 0.3 is 0 Å². The topological polar surface area (TPSA) is 42.4 Å². The number of fused-ring (bicyclic) bond motifs is 1. The fraction of sp³-hybridized carbons (Fsp3) is 0.400. The smallest absolute Gasteiger partial charge is 0.118 e. The lowest BCUT2D eigenvalue weighted by atomic mass is 10.0. The number of rotatable bonds is 3. The number of nitrogens with zero attached hydrogens (tertiary/aromatic N) is 1. The largest absolute Gasteiger partial charge is 0.497 e. The molecular weight excluding hydrogens is 258 g/mol. The van der Waals surface area contributed by atoms with Gasteiger partial charge in [-0.05, 0) is 37.0 Å². The van der Waals surface area contributed by atoms with Gasteiger partial charge in [0.25, 0.3) is 0 Å². The van der Waals surface area contributed by atoms with Crippen molar-refractivity contribution < 1.29 is 9.84 Å². The van der Waals surface area contributed by atoms with Crippen LogP contribution in [0.4, 0.5) is 0 Å². The zero-order valence-electron chi connectivity index (χ0n) is 10.9. The molecule has 19 heavy (non-hydrogen) atoms. The van der Waals surface area contributed by atoms with Crippen molar-refractivity contribution in [1.82, 2.24) is 4.98 Å². The van der Waals surface area contributed by atoms with Crippen LogP contribution in [0.25, 0.3) is 0 Å². The Morgan fingerprint density at radius 3 is 2.84 bits per heavy atom. The molecule has 4 heteroatoms. The Hall–Kier alpha value is -1.39. The van der Waals surface area contributed by atoms with Crippen LogP contribution in [0.3, 0.4) is 0 Å². The van der Waals surface area contributed by atoms with Crippen LogP contribution in [0.2, 0.25) is 0 Å². The molecule has 0 bridgehead atoms. The van der Waals surface area contributed by atoms with E-state index in [-0.39, 0.29) is 6.10 Å². The normalized spacial score (nSPS) is 18.1. The zero-order chi connectivity index (χ0) is 13.2. The van der Waals surface area contributed by atoms with Gasteiger partial charge in [0.15, 0.2) is 0 Å². The number of hydrogen-bond donors (Lipinski definition) is 1. The summed E-state index contributed by atoms with van der Waals surface area (Å²) in [6, 6.07) is 8.07. The number of methoxy groups -OCH3 is 1. The van der Waals surface area contributed by atoms with Gasteiger partial charge in [0.05, 0.1) is 23.9 Å². The first kappa shape index (κ1) is 12.6. The van der Waals surface area contributed by atoms with Gasteiger partial charge in [0, 0.05) is 11.3 Å². The molecule has 0 amide bonds. The second-order valence-corrected chi connectivity index (χ2v) is 6.02. The molecule has 0 spiro atoms. The SMILES string of the molecule is COc1ccc(Cc2nc3c(s2)CCCC3O)cc1. The molecule has 1 aliphatic carbocycles. The van der Waals surface area contributed by atoms with Gasteiger partial charge in [-0.3, -0.25) is 0 Å². The van der Waals surface area contributed by atoms with Crippen molar-refractivity contribution in [2.24, 2.45) is 0 Å². The molecule has 1 aliphatic rings. The van der Waals surface area contributed by atoms with Crippen LogP contribution in [-0.2, 0) is 12.8 Å². The molecule has 1 N–H and O–H groups in total. The molecule has 0 radical (unpaired) electrons. The average Bonchev–Trinajstić information content (AvgIpc) is 2.84. The van der Waals surface area contributed by atoms with E-state index >= 15 is 0 Å². The van der Waals surface area contributed by atoms with Crippen molar-refractivity contribution in [2.75, 3.05) is 7.11 Å². The third-order valence-corrected chi connectivity index (χ3v) is 4.61. The number of aliphatic hydroxyl groups is 1. The van der Waals surface area contributed by atoms with Crippen molar-refractivity contribution >= 4 is 11.3 Å². The summed E-state index contributed by atoms with van der Waals surface area (Å²) in [5, 5.41) is 11.0. The van der Waals surface area contributed by atoms with Crippen molar-refractivity contribution in [3.63, 3.8) is 0 Å². The predicted molar refractivity (Wildman–Crippen MR) is 75.8 cm³/mol. The maximum atomic E-state index is 9.94. The maximum absolute atomic E-state index is 9.94. The van der Waals surface area contributed by atoms with E-state index in [0.717, 1.165) is 42.1 Å². The molecule has 3 nitrogen and oxygen atoms in total. The molecule has 100 valence electrons. The minimum Gasteiger partial charge on any atom is -0.497 e. The summed E-state index contributed by atoms with van der Waals surface area (Å²) in [6.45, 7) is 0. The number of hydrogen-bond acceptors (Lipinski definition) is 4. The van der Waals surface area contributed by atoms with E-state index in [1.807, 2.05) is 12.1 Å². The van der Waals surface area contributed by atoms with Gasteiger partial charge in [0.2, 0.25) is 0 Å². The lowest BCUT2D eigenvalue weighted by molar-refractivity contribution is 0.153. The fourth-order valence-electron chi connectivity index (χ4n) is 2.44. The molecule has 2 aromatic rings. The molecular formula is C15H17NO2S. The van der Waals surface area contributed by atoms with Gasteiger partial charge in [-0.1, -0.05) is 12.1 Å². The second kappa shape index (κ2) is 5.31. The Labute approximate surface area is 116 Å². The Morgan fingerprint density at radius 1 is 1.37 bits per heavy atom. The third-order valence-electron chi connectivity index (χ3n) is 3.48. The first-order chi connectivity index (χ1) is 9.26.